The first-order chi connectivity index (χ1) is 6.75. The van der Waals surface area contributed by atoms with Crippen molar-refractivity contribution < 1.29 is 14.9 Å². The number of aliphatic hydroxyl groups is 1. The summed E-state index contributed by atoms with van der Waals surface area (Å²) >= 11 is 0. The van der Waals surface area contributed by atoms with Crippen LogP contribution in [-0.4, -0.2) is 30.0 Å². The molecule has 4 heteroatoms. The van der Waals surface area contributed by atoms with Gasteiger partial charge in [0.1, 0.15) is 6.54 Å². The minimum Gasteiger partial charge on any atom is -0.464 e. The number of hydrogen-bond acceptors (Lipinski definition) is 1. The van der Waals surface area contributed by atoms with Crippen LogP contribution in [0.2, 0.25) is 0 Å². The van der Waals surface area contributed by atoms with Gasteiger partial charge in [-0.05, 0) is 18.3 Å². The second-order valence-corrected chi connectivity index (χ2v) is 4.23. The van der Waals surface area contributed by atoms with Gasteiger partial charge in [0, 0.05) is 19.4 Å². The average Bonchev–Trinajstić information content (AvgIpc) is 2.18. The second kappa shape index (κ2) is 3.98. The van der Waals surface area contributed by atoms with E-state index in [0.29, 0.717) is 24.2 Å². The maximum Gasteiger partial charge on any atom is 0.332 e. The molecule has 0 bridgehead atoms. The molecule has 4 nitrogen and oxygen atoms in total. The van der Waals surface area contributed by atoms with Gasteiger partial charge in [-0.25, -0.2) is 4.99 Å². The van der Waals surface area contributed by atoms with Crippen LogP contribution in [0.5, 0.6) is 0 Å². The Kier molecular flexibility index (Phi) is 2.70. The molecular weight excluding hydrogens is 180 g/mol. The van der Waals surface area contributed by atoms with Gasteiger partial charge in [-0.1, -0.05) is 0 Å². The fourth-order valence-corrected chi connectivity index (χ4v) is 2.44. The third-order valence-corrected chi connectivity index (χ3v) is 3.25. The molecule has 0 aliphatic carbocycles. The molecule has 1 amide bonds. The summed E-state index contributed by atoms with van der Waals surface area (Å²) in [5.41, 5.74) is 0. The number of hydrogen-bond donors (Lipinski definition) is 3. The van der Waals surface area contributed by atoms with E-state index in [1.807, 2.05) is 0 Å². The molecule has 78 valence electrons. The van der Waals surface area contributed by atoms with Crippen LogP contribution in [0.3, 0.4) is 0 Å². The number of carbonyl (C=O) groups is 1. The number of rotatable bonds is 1. The third kappa shape index (κ3) is 2.05. The zero-order valence-corrected chi connectivity index (χ0v) is 8.25. The average molecular weight is 197 g/mol. The summed E-state index contributed by atoms with van der Waals surface area (Å²) in [6.45, 7) is 1.64. The van der Waals surface area contributed by atoms with Crippen LogP contribution in [0.4, 0.5) is 0 Å². The Morgan fingerprint density at radius 2 is 2.07 bits per heavy atom. The first-order valence-electron chi connectivity index (χ1n) is 5.31. The van der Waals surface area contributed by atoms with Crippen molar-refractivity contribution in [3.8, 4) is 0 Å². The first kappa shape index (κ1) is 9.49. The largest absolute Gasteiger partial charge is 0.464 e. The van der Waals surface area contributed by atoms with E-state index < -0.39 is 0 Å². The van der Waals surface area contributed by atoms with Crippen molar-refractivity contribution in [1.82, 2.24) is 5.32 Å². The molecule has 0 saturated carbocycles. The summed E-state index contributed by atoms with van der Waals surface area (Å²) < 4.78 is 0. The van der Waals surface area contributed by atoms with Crippen molar-refractivity contribution in [3.05, 3.63) is 0 Å². The molecule has 2 heterocycles. The Morgan fingerprint density at radius 1 is 1.29 bits per heavy atom. The van der Waals surface area contributed by atoms with E-state index in [1.165, 1.54) is 0 Å². The lowest BCUT2D eigenvalue weighted by Gasteiger charge is -2.29. The minimum absolute atomic E-state index is 0.166. The molecule has 2 rings (SSSR count). The maximum atomic E-state index is 11.2. The minimum atomic E-state index is 0.166. The smallest absolute Gasteiger partial charge is 0.332 e. The summed E-state index contributed by atoms with van der Waals surface area (Å²) in [7, 11) is 0. The van der Waals surface area contributed by atoms with E-state index in [2.05, 4.69) is 10.3 Å². The van der Waals surface area contributed by atoms with Gasteiger partial charge in [-0.3, -0.25) is 4.79 Å². The van der Waals surface area contributed by atoms with E-state index in [0.717, 1.165) is 32.4 Å². The predicted molar refractivity (Wildman–Crippen MR) is 51.9 cm³/mol. The highest BCUT2D eigenvalue weighted by Gasteiger charge is 2.31. The lowest BCUT2D eigenvalue weighted by molar-refractivity contribution is -0.476. The molecule has 1 saturated heterocycles. The summed E-state index contributed by atoms with van der Waals surface area (Å²) in [5, 5.41) is 12.2. The Labute approximate surface area is 83.4 Å². The number of carbonyl (C=O) groups excluding carboxylic acids is 1. The van der Waals surface area contributed by atoms with Gasteiger partial charge in [0.2, 0.25) is 5.91 Å². The van der Waals surface area contributed by atoms with Crippen LogP contribution >= 0.6 is 0 Å². The molecular formula is C10H17N2O2+. The molecule has 2 atom stereocenters. The van der Waals surface area contributed by atoms with E-state index >= 15 is 0 Å². The number of aliphatic hydroxyl groups excluding tert-OH is 1. The highest BCUT2D eigenvalue weighted by atomic mass is 16.3. The van der Waals surface area contributed by atoms with Gasteiger partial charge in [-0.2, -0.15) is 0 Å². The Balaban J connectivity index is 1.94. The topological polar surface area (TPSA) is 63.3 Å². The van der Waals surface area contributed by atoms with Gasteiger partial charge in [-0.15, -0.1) is 0 Å². The SMILES string of the molecule is O=C1CC(C2CC[NH+]=C(O)C2)CCN1. The van der Waals surface area contributed by atoms with Gasteiger partial charge >= 0.3 is 5.90 Å². The lowest BCUT2D eigenvalue weighted by Crippen LogP contribution is -2.75. The van der Waals surface area contributed by atoms with Crippen molar-refractivity contribution in [2.45, 2.75) is 25.7 Å². The fraction of sp³-hybridized carbons (Fsp3) is 0.800. The first-order valence-corrected chi connectivity index (χ1v) is 5.31. The summed E-state index contributed by atoms with van der Waals surface area (Å²) in [6, 6.07) is 0. The molecule has 1 fully saturated rings. The van der Waals surface area contributed by atoms with E-state index in [4.69, 9.17) is 0 Å². The zero-order chi connectivity index (χ0) is 9.97. The van der Waals surface area contributed by atoms with Gasteiger partial charge in [0.25, 0.3) is 0 Å². The van der Waals surface area contributed by atoms with Crippen molar-refractivity contribution in [3.63, 3.8) is 0 Å². The van der Waals surface area contributed by atoms with Crippen LogP contribution in [0.15, 0.2) is 0 Å². The number of nitrogens with one attached hydrogen (secondary N) is 2. The molecule has 3 N–H and O–H groups in total. The van der Waals surface area contributed by atoms with Crippen LogP contribution in [0.25, 0.3) is 0 Å². The highest BCUT2D eigenvalue weighted by Crippen LogP contribution is 2.27. The summed E-state index contributed by atoms with van der Waals surface area (Å²) in [4.78, 5) is 14.1. The van der Waals surface area contributed by atoms with Crippen molar-refractivity contribution >= 4 is 11.8 Å². The third-order valence-electron chi connectivity index (χ3n) is 3.25. The van der Waals surface area contributed by atoms with Crippen LogP contribution in [0, 0.1) is 11.8 Å². The van der Waals surface area contributed by atoms with E-state index in [-0.39, 0.29) is 5.91 Å². The van der Waals surface area contributed by atoms with Crippen LogP contribution in [0.1, 0.15) is 25.7 Å². The molecule has 14 heavy (non-hydrogen) atoms. The monoisotopic (exact) mass is 197 g/mol. The molecule has 0 radical (unpaired) electrons. The van der Waals surface area contributed by atoms with Crippen molar-refractivity contribution in [2.24, 2.45) is 11.8 Å². The normalized spacial score (nSPS) is 33.4. The summed E-state index contributed by atoms with van der Waals surface area (Å²) in [5.74, 6) is 1.52. The van der Waals surface area contributed by atoms with Gasteiger partial charge in [0.15, 0.2) is 0 Å². The molecule has 2 unspecified atom stereocenters. The van der Waals surface area contributed by atoms with E-state index in [1.54, 1.807) is 0 Å². The quantitative estimate of drug-likeness (QED) is 0.503. The molecule has 0 aromatic heterocycles. The van der Waals surface area contributed by atoms with Gasteiger partial charge in [0.05, 0.1) is 6.42 Å². The van der Waals surface area contributed by atoms with Gasteiger partial charge < -0.3 is 10.4 Å². The molecule has 0 aromatic carbocycles. The Morgan fingerprint density at radius 3 is 2.79 bits per heavy atom. The molecule has 2 aliphatic heterocycles. The molecule has 2 aliphatic rings. The number of piperidine rings is 1. The summed E-state index contributed by atoms with van der Waals surface area (Å²) in [6.07, 6.45) is 3.49. The van der Waals surface area contributed by atoms with E-state index in [9.17, 15) is 9.90 Å². The zero-order valence-electron chi connectivity index (χ0n) is 8.25. The van der Waals surface area contributed by atoms with Crippen LogP contribution < -0.4 is 10.3 Å². The molecule has 0 spiro atoms. The second-order valence-electron chi connectivity index (χ2n) is 4.23. The standard InChI is InChI=1S/C10H16N2O2/c13-9-5-7(1-3-11-9)8-2-4-12-10(14)6-8/h7-8H,1-6H2,(H,11,13)(H,12,14)/p+1. The van der Waals surface area contributed by atoms with Crippen molar-refractivity contribution in [1.29, 1.82) is 0 Å². The number of amides is 1. The Bertz CT molecular complexity index is 263. The Hall–Kier alpha value is -1.06. The predicted octanol–water partition coefficient (Wildman–Crippen LogP) is -1.04. The van der Waals surface area contributed by atoms with Crippen molar-refractivity contribution in [2.75, 3.05) is 13.1 Å². The fourth-order valence-electron chi connectivity index (χ4n) is 2.44. The highest BCUT2D eigenvalue weighted by molar-refractivity contribution is 5.77. The maximum absolute atomic E-state index is 11.2. The lowest BCUT2D eigenvalue weighted by atomic mass is 9.80. The van der Waals surface area contributed by atoms with Crippen LogP contribution in [-0.2, 0) is 4.79 Å². The molecule has 0 aromatic rings.